The van der Waals surface area contributed by atoms with Gasteiger partial charge in [0.15, 0.2) is 4.80 Å². The summed E-state index contributed by atoms with van der Waals surface area (Å²) < 4.78 is 2.87. The Morgan fingerprint density at radius 2 is 2.09 bits per heavy atom. The number of carbonyl (C=O) groups excluding carboxylic acids is 1. The first-order chi connectivity index (χ1) is 11.1. The number of allylic oxidation sites excluding steroid dienone is 1. The van der Waals surface area contributed by atoms with E-state index in [1.165, 1.54) is 17.8 Å². The molecule has 3 rings (SSSR count). The van der Waals surface area contributed by atoms with Crippen LogP contribution in [0.15, 0.2) is 29.8 Å². The van der Waals surface area contributed by atoms with E-state index in [9.17, 15) is 4.79 Å². The van der Waals surface area contributed by atoms with Gasteiger partial charge in [-0.25, -0.2) is 0 Å². The maximum absolute atomic E-state index is 12.5. The molecule has 0 N–H and O–H groups in total. The van der Waals surface area contributed by atoms with Crippen LogP contribution in [0.3, 0.4) is 0 Å². The van der Waals surface area contributed by atoms with E-state index in [0.717, 1.165) is 35.9 Å². The summed E-state index contributed by atoms with van der Waals surface area (Å²) in [5.74, 6) is 0.0430. The number of halogens is 2. The summed E-state index contributed by atoms with van der Waals surface area (Å²) in [4.78, 5) is 17.6. The van der Waals surface area contributed by atoms with Gasteiger partial charge >= 0.3 is 0 Å². The van der Waals surface area contributed by atoms with Gasteiger partial charge in [0.1, 0.15) is 0 Å². The van der Waals surface area contributed by atoms with E-state index in [1.54, 1.807) is 12.1 Å². The Kier molecular flexibility index (Phi) is 5.24. The zero-order valence-electron chi connectivity index (χ0n) is 12.7. The number of hydrogen-bond donors (Lipinski definition) is 0. The van der Waals surface area contributed by atoms with Crippen molar-refractivity contribution in [2.24, 2.45) is 10.9 Å². The molecule has 0 atom stereocenters. The van der Waals surface area contributed by atoms with E-state index in [2.05, 4.69) is 11.6 Å². The van der Waals surface area contributed by atoms with Crippen LogP contribution in [0.1, 0.15) is 32.1 Å². The first kappa shape index (κ1) is 16.7. The average Bonchev–Trinajstić information content (AvgIpc) is 2.86. The molecule has 1 heterocycles. The van der Waals surface area contributed by atoms with Crippen molar-refractivity contribution in [2.75, 3.05) is 0 Å². The second-order valence-corrected chi connectivity index (χ2v) is 7.66. The Morgan fingerprint density at radius 3 is 2.78 bits per heavy atom. The van der Waals surface area contributed by atoms with Crippen molar-refractivity contribution in [2.45, 2.75) is 38.6 Å². The van der Waals surface area contributed by atoms with Crippen molar-refractivity contribution in [1.29, 1.82) is 0 Å². The minimum absolute atomic E-state index is 0.0173. The Bertz CT molecular complexity index is 816. The van der Waals surface area contributed by atoms with Crippen LogP contribution in [-0.4, -0.2) is 10.5 Å². The van der Waals surface area contributed by atoms with Crippen molar-refractivity contribution in [3.63, 3.8) is 0 Å². The maximum Gasteiger partial charge on any atom is 0.251 e. The summed E-state index contributed by atoms with van der Waals surface area (Å²) >= 11 is 13.9. The van der Waals surface area contributed by atoms with Crippen LogP contribution < -0.4 is 4.80 Å². The van der Waals surface area contributed by atoms with Crippen LogP contribution in [0.4, 0.5) is 0 Å². The quantitative estimate of drug-likeness (QED) is 0.685. The molecule has 1 aliphatic rings. The molecule has 23 heavy (non-hydrogen) atoms. The van der Waals surface area contributed by atoms with Crippen molar-refractivity contribution in [1.82, 2.24) is 4.57 Å². The third-order valence-corrected chi connectivity index (χ3v) is 5.70. The topological polar surface area (TPSA) is 34.4 Å². The highest BCUT2D eigenvalue weighted by atomic mass is 35.5. The molecule has 0 saturated heterocycles. The lowest BCUT2D eigenvalue weighted by Gasteiger charge is -2.17. The van der Waals surface area contributed by atoms with E-state index in [1.807, 2.05) is 10.6 Å². The second-order valence-electron chi connectivity index (χ2n) is 5.80. The maximum atomic E-state index is 12.5. The molecule has 0 unspecified atom stereocenters. The van der Waals surface area contributed by atoms with Crippen LogP contribution in [0.25, 0.3) is 10.2 Å². The first-order valence-corrected chi connectivity index (χ1v) is 9.35. The van der Waals surface area contributed by atoms with E-state index in [0.29, 0.717) is 21.4 Å². The van der Waals surface area contributed by atoms with Crippen LogP contribution in [0.5, 0.6) is 0 Å². The average molecular weight is 369 g/mol. The minimum Gasteiger partial charge on any atom is -0.311 e. The van der Waals surface area contributed by atoms with E-state index < -0.39 is 0 Å². The number of benzene rings is 1. The van der Waals surface area contributed by atoms with Crippen molar-refractivity contribution >= 4 is 50.7 Å². The Balaban J connectivity index is 2.10. The number of aromatic nitrogens is 1. The monoisotopic (exact) mass is 368 g/mol. The summed E-state index contributed by atoms with van der Waals surface area (Å²) in [6, 6.07) is 3.57. The molecule has 1 fully saturated rings. The fourth-order valence-electron chi connectivity index (χ4n) is 3.05. The first-order valence-electron chi connectivity index (χ1n) is 7.78. The van der Waals surface area contributed by atoms with Gasteiger partial charge in [-0.2, -0.15) is 4.99 Å². The SMILES string of the molecule is C=CCn1c(=NC(=O)C2CCCCC2)sc2cc(Cl)cc(Cl)c21. The smallest absolute Gasteiger partial charge is 0.251 e. The van der Waals surface area contributed by atoms with Gasteiger partial charge in [0, 0.05) is 17.5 Å². The van der Waals surface area contributed by atoms with Crippen molar-refractivity contribution in [3.05, 3.63) is 39.6 Å². The number of hydrogen-bond acceptors (Lipinski definition) is 2. The lowest BCUT2D eigenvalue weighted by Crippen LogP contribution is -2.21. The van der Waals surface area contributed by atoms with Crippen LogP contribution in [-0.2, 0) is 11.3 Å². The van der Waals surface area contributed by atoms with Crippen LogP contribution >= 0.6 is 34.5 Å². The molecule has 1 saturated carbocycles. The zero-order valence-corrected chi connectivity index (χ0v) is 15.1. The lowest BCUT2D eigenvalue weighted by atomic mass is 9.89. The van der Waals surface area contributed by atoms with Gasteiger partial charge in [-0.1, -0.05) is 59.9 Å². The molecule has 6 heteroatoms. The Labute approximate surface area is 149 Å². The molecule has 1 aliphatic carbocycles. The van der Waals surface area contributed by atoms with Crippen molar-refractivity contribution < 1.29 is 4.79 Å². The fourth-order valence-corrected chi connectivity index (χ4v) is 4.88. The predicted octanol–water partition coefficient (Wildman–Crippen LogP) is 5.20. The standard InChI is InChI=1S/C17H18Cl2N2OS/c1-2-8-21-15-13(19)9-12(18)10-14(15)23-17(21)20-16(22)11-6-4-3-5-7-11/h2,9-11H,1,3-8H2. The summed E-state index contributed by atoms with van der Waals surface area (Å²) in [6.45, 7) is 4.34. The molecule has 122 valence electrons. The molecule has 3 nitrogen and oxygen atoms in total. The molecule has 2 aromatic rings. The number of thiazole rings is 1. The van der Waals surface area contributed by atoms with Gasteiger partial charge in [0.25, 0.3) is 5.91 Å². The third-order valence-electron chi connectivity index (χ3n) is 4.17. The molecule has 1 aromatic heterocycles. The molecule has 0 bridgehead atoms. The highest BCUT2D eigenvalue weighted by Gasteiger charge is 2.21. The molecular formula is C17H18Cl2N2OS. The Hall–Kier alpha value is -1.10. The molecular weight excluding hydrogens is 351 g/mol. The number of fused-ring (bicyclic) bond motifs is 1. The van der Waals surface area contributed by atoms with E-state index in [4.69, 9.17) is 23.2 Å². The summed E-state index contributed by atoms with van der Waals surface area (Å²) in [5, 5.41) is 1.15. The van der Waals surface area contributed by atoms with Gasteiger partial charge in [0.2, 0.25) is 0 Å². The van der Waals surface area contributed by atoms with Gasteiger partial charge in [0.05, 0.1) is 15.2 Å². The molecule has 1 aromatic carbocycles. The predicted molar refractivity (Wildman–Crippen MR) is 97.2 cm³/mol. The highest BCUT2D eigenvalue weighted by Crippen LogP contribution is 2.30. The molecule has 0 aliphatic heterocycles. The number of carbonyl (C=O) groups is 1. The molecule has 0 radical (unpaired) electrons. The fraction of sp³-hybridized carbons (Fsp3) is 0.412. The summed E-state index contributed by atoms with van der Waals surface area (Å²) in [6.07, 6.45) is 7.12. The number of rotatable bonds is 3. The largest absolute Gasteiger partial charge is 0.311 e. The van der Waals surface area contributed by atoms with Crippen LogP contribution in [0, 0.1) is 5.92 Å². The molecule has 1 amide bonds. The minimum atomic E-state index is -0.0173. The van der Waals surface area contributed by atoms with Gasteiger partial charge in [-0.15, -0.1) is 6.58 Å². The lowest BCUT2D eigenvalue weighted by molar-refractivity contribution is -0.122. The summed E-state index contributed by atoms with van der Waals surface area (Å²) in [5.41, 5.74) is 0.858. The third kappa shape index (κ3) is 3.54. The summed E-state index contributed by atoms with van der Waals surface area (Å²) in [7, 11) is 0. The van der Waals surface area contributed by atoms with E-state index >= 15 is 0 Å². The van der Waals surface area contributed by atoms with Gasteiger partial charge in [-0.3, -0.25) is 4.79 Å². The zero-order chi connectivity index (χ0) is 16.4. The number of nitrogens with zero attached hydrogens (tertiary/aromatic N) is 2. The Morgan fingerprint density at radius 1 is 1.35 bits per heavy atom. The second kappa shape index (κ2) is 7.20. The highest BCUT2D eigenvalue weighted by molar-refractivity contribution is 7.16. The van der Waals surface area contributed by atoms with Crippen LogP contribution in [0.2, 0.25) is 10.0 Å². The van der Waals surface area contributed by atoms with Crippen molar-refractivity contribution in [3.8, 4) is 0 Å². The number of amides is 1. The van der Waals surface area contributed by atoms with Gasteiger partial charge < -0.3 is 4.57 Å². The van der Waals surface area contributed by atoms with Gasteiger partial charge in [-0.05, 0) is 25.0 Å². The molecule has 0 spiro atoms. The normalized spacial score (nSPS) is 16.9. The van der Waals surface area contributed by atoms with E-state index in [-0.39, 0.29) is 11.8 Å².